The van der Waals surface area contributed by atoms with E-state index >= 15 is 0 Å². The first kappa shape index (κ1) is 23.1. The van der Waals surface area contributed by atoms with Crippen molar-refractivity contribution < 1.29 is 27.8 Å². The SMILES string of the molecule is CC=C(NC(C)c1ccnc(NC(=O)C(C)C)c1)c1ccc(OC(F)(F)F)cc1O. The van der Waals surface area contributed by atoms with E-state index in [1.807, 2.05) is 6.92 Å². The van der Waals surface area contributed by atoms with Crippen molar-refractivity contribution in [2.75, 3.05) is 5.32 Å². The van der Waals surface area contributed by atoms with Crippen LogP contribution in [0.4, 0.5) is 19.0 Å². The van der Waals surface area contributed by atoms with Crippen molar-refractivity contribution in [2.24, 2.45) is 5.92 Å². The van der Waals surface area contributed by atoms with E-state index in [9.17, 15) is 23.1 Å². The Kier molecular flexibility index (Phi) is 7.31. The number of phenolic OH excluding ortho intramolecular Hbond substituents is 1. The Bertz CT molecular complexity index is 927. The molecule has 3 N–H and O–H groups in total. The molecule has 1 aromatic heterocycles. The molecule has 0 aliphatic heterocycles. The number of alkyl halides is 3. The van der Waals surface area contributed by atoms with Crippen LogP contribution in [0.1, 0.15) is 44.9 Å². The monoisotopic (exact) mass is 423 g/mol. The molecule has 30 heavy (non-hydrogen) atoms. The maximum Gasteiger partial charge on any atom is 0.573 e. The lowest BCUT2D eigenvalue weighted by atomic mass is 10.1. The quantitative estimate of drug-likeness (QED) is 0.584. The number of phenols is 1. The number of hydrogen-bond donors (Lipinski definition) is 3. The average Bonchev–Trinajstić information content (AvgIpc) is 2.65. The van der Waals surface area contributed by atoms with E-state index in [4.69, 9.17) is 0 Å². The number of nitrogens with zero attached hydrogens (tertiary/aromatic N) is 1. The van der Waals surface area contributed by atoms with Crippen molar-refractivity contribution >= 4 is 17.4 Å². The van der Waals surface area contributed by atoms with Gasteiger partial charge in [-0.1, -0.05) is 19.9 Å². The van der Waals surface area contributed by atoms with Gasteiger partial charge >= 0.3 is 6.36 Å². The summed E-state index contributed by atoms with van der Waals surface area (Å²) in [5, 5.41) is 16.1. The fourth-order valence-electron chi connectivity index (χ4n) is 2.62. The van der Waals surface area contributed by atoms with Gasteiger partial charge in [-0.05, 0) is 43.7 Å². The van der Waals surface area contributed by atoms with Crippen LogP contribution >= 0.6 is 0 Å². The maximum atomic E-state index is 12.4. The Morgan fingerprint density at radius 2 is 1.90 bits per heavy atom. The van der Waals surface area contributed by atoms with Gasteiger partial charge in [-0.15, -0.1) is 13.2 Å². The normalized spacial score (nSPS) is 13.1. The summed E-state index contributed by atoms with van der Waals surface area (Å²) in [5.41, 5.74) is 1.66. The van der Waals surface area contributed by atoms with E-state index in [2.05, 4.69) is 20.4 Å². The van der Waals surface area contributed by atoms with Gasteiger partial charge in [0, 0.05) is 35.5 Å². The topological polar surface area (TPSA) is 83.5 Å². The lowest BCUT2D eigenvalue weighted by Crippen LogP contribution is -2.20. The number of rotatable bonds is 7. The van der Waals surface area contributed by atoms with Crippen LogP contribution in [0, 0.1) is 5.92 Å². The fraction of sp³-hybridized carbons (Fsp3) is 0.333. The molecule has 0 fully saturated rings. The number of carbonyl (C=O) groups excluding carboxylic acids is 1. The van der Waals surface area contributed by atoms with Crippen LogP contribution in [0.3, 0.4) is 0 Å². The summed E-state index contributed by atoms with van der Waals surface area (Å²) in [6.45, 7) is 7.15. The predicted molar refractivity (Wildman–Crippen MR) is 108 cm³/mol. The lowest BCUT2D eigenvalue weighted by Gasteiger charge is -2.20. The minimum absolute atomic E-state index is 0.152. The molecule has 2 rings (SSSR count). The summed E-state index contributed by atoms with van der Waals surface area (Å²) in [7, 11) is 0. The highest BCUT2D eigenvalue weighted by Gasteiger charge is 2.31. The molecule has 0 saturated carbocycles. The second-order valence-corrected chi connectivity index (χ2v) is 6.91. The number of amides is 1. The Balaban J connectivity index is 2.17. The number of nitrogens with one attached hydrogen (secondary N) is 2. The van der Waals surface area contributed by atoms with E-state index < -0.39 is 12.1 Å². The fourth-order valence-corrected chi connectivity index (χ4v) is 2.62. The third-order valence-electron chi connectivity index (χ3n) is 4.21. The van der Waals surface area contributed by atoms with E-state index in [-0.39, 0.29) is 23.6 Å². The van der Waals surface area contributed by atoms with Crippen LogP contribution in [-0.2, 0) is 4.79 Å². The van der Waals surface area contributed by atoms with E-state index in [0.29, 0.717) is 17.1 Å². The van der Waals surface area contributed by atoms with Crippen LogP contribution in [-0.4, -0.2) is 22.4 Å². The number of anilines is 1. The van der Waals surface area contributed by atoms with Crippen molar-refractivity contribution in [3.8, 4) is 11.5 Å². The van der Waals surface area contributed by atoms with Crippen LogP contribution in [0.15, 0.2) is 42.6 Å². The number of hydrogen-bond acceptors (Lipinski definition) is 5. The Labute approximate surface area is 172 Å². The predicted octanol–water partition coefficient (Wildman–Crippen LogP) is 4.99. The summed E-state index contributed by atoms with van der Waals surface area (Å²) in [6, 6.07) is 6.63. The number of aromatic nitrogens is 1. The molecule has 1 amide bonds. The zero-order valence-corrected chi connectivity index (χ0v) is 17.0. The van der Waals surface area contributed by atoms with Crippen molar-refractivity contribution in [3.05, 3.63) is 53.7 Å². The highest BCUT2D eigenvalue weighted by Crippen LogP contribution is 2.32. The minimum Gasteiger partial charge on any atom is -0.507 e. The third kappa shape index (κ3) is 6.40. The Morgan fingerprint density at radius 3 is 2.47 bits per heavy atom. The van der Waals surface area contributed by atoms with Crippen LogP contribution in [0.2, 0.25) is 0 Å². The number of pyridine rings is 1. The molecule has 0 radical (unpaired) electrons. The Morgan fingerprint density at radius 1 is 1.20 bits per heavy atom. The standard InChI is InChI=1S/C21H24F3N3O3/c1-5-17(16-7-6-15(11-18(16)28)30-21(22,23)24)26-13(4)14-8-9-25-19(10-14)27-20(29)12(2)3/h5-13,26,28H,1-4H3,(H,25,27,29). The average molecular weight is 423 g/mol. The van der Waals surface area contributed by atoms with E-state index in [0.717, 1.165) is 17.7 Å². The smallest absolute Gasteiger partial charge is 0.507 e. The van der Waals surface area contributed by atoms with Gasteiger partial charge in [0.05, 0.1) is 0 Å². The first-order valence-electron chi connectivity index (χ1n) is 9.29. The number of benzene rings is 1. The van der Waals surface area contributed by atoms with Gasteiger partial charge in [0.1, 0.15) is 17.3 Å². The molecule has 0 aliphatic rings. The molecule has 0 spiro atoms. The van der Waals surface area contributed by atoms with Crippen molar-refractivity contribution in [1.82, 2.24) is 10.3 Å². The molecule has 6 nitrogen and oxygen atoms in total. The second kappa shape index (κ2) is 9.51. The van der Waals surface area contributed by atoms with Gasteiger partial charge in [-0.25, -0.2) is 4.98 Å². The molecule has 1 atom stereocenters. The van der Waals surface area contributed by atoms with Gasteiger partial charge in [0.25, 0.3) is 0 Å². The molecule has 2 aromatic rings. The molecule has 1 aromatic carbocycles. The summed E-state index contributed by atoms with van der Waals surface area (Å²) in [6.07, 6.45) is -1.58. The molecule has 0 saturated heterocycles. The molecular weight excluding hydrogens is 399 g/mol. The number of aromatic hydroxyl groups is 1. The van der Waals surface area contributed by atoms with Crippen LogP contribution in [0.5, 0.6) is 11.5 Å². The lowest BCUT2D eigenvalue weighted by molar-refractivity contribution is -0.274. The molecule has 0 aliphatic carbocycles. The molecule has 9 heteroatoms. The first-order valence-corrected chi connectivity index (χ1v) is 9.29. The molecule has 162 valence electrons. The van der Waals surface area contributed by atoms with Crippen molar-refractivity contribution in [3.63, 3.8) is 0 Å². The summed E-state index contributed by atoms with van der Waals surface area (Å²) in [4.78, 5) is 16.0. The molecule has 0 bridgehead atoms. The van der Waals surface area contributed by atoms with E-state index in [1.165, 1.54) is 6.07 Å². The number of allylic oxidation sites excluding steroid dienone is 1. The largest absolute Gasteiger partial charge is 0.573 e. The number of carbonyl (C=O) groups is 1. The summed E-state index contributed by atoms with van der Waals surface area (Å²) in [5.74, 6) is -0.789. The Hall–Kier alpha value is -3.23. The summed E-state index contributed by atoms with van der Waals surface area (Å²) >= 11 is 0. The van der Waals surface area contributed by atoms with Crippen molar-refractivity contribution in [1.29, 1.82) is 0 Å². The molecule has 1 heterocycles. The zero-order chi connectivity index (χ0) is 22.5. The zero-order valence-electron chi connectivity index (χ0n) is 17.0. The van der Waals surface area contributed by atoms with Crippen LogP contribution in [0.25, 0.3) is 5.70 Å². The number of halogens is 3. The first-order chi connectivity index (χ1) is 14.0. The van der Waals surface area contributed by atoms with Gasteiger partial charge in [0.2, 0.25) is 5.91 Å². The van der Waals surface area contributed by atoms with E-state index in [1.54, 1.807) is 45.2 Å². The highest BCUT2D eigenvalue weighted by molar-refractivity contribution is 5.91. The number of ether oxygens (including phenoxy) is 1. The third-order valence-corrected chi connectivity index (χ3v) is 4.21. The van der Waals surface area contributed by atoms with Gasteiger partial charge < -0.3 is 20.5 Å². The molecule has 1 unspecified atom stereocenters. The molecular formula is C21H24F3N3O3. The van der Waals surface area contributed by atoms with Gasteiger partial charge in [-0.2, -0.15) is 0 Å². The maximum absolute atomic E-state index is 12.4. The van der Waals surface area contributed by atoms with Gasteiger partial charge in [0.15, 0.2) is 0 Å². The minimum atomic E-state index is -4.84. The second-order valence-electron chi connectivity index (χ2n) is 6.91. The van der Waals surface area contributed by atoms with Crippen LogP contribution < -0.4 is 15.4 Å². The van der Waals surface area contributed by atoms with Gasteiger partial charge in [-0.3, -0.25) is 4.79 Å². The highest BCUT2D eigenvalue weighted by atomic mass is 19.4. The van der Waals surface area contributed by atoms with Crippen molar-refractivity contribution in [2.45, 2.75) is 40.1 Å². The summed E-state index contributed by atoms with van der Waals surface area (Å²) < 4.78 is 40.9.